The molecule has 1 heterocycles. The van der Waals surface area contributed by atoms with E-state index >= 15 is 0 Å². The molecule has 2 rings (SSSR count). The Morgan fingerprint density at radius 1 is 1.47 bits per heavy atom. The molecule has 0 bridgehead atoms. The smallest absolute Gasteiger partial charge is 0.316 e. The number of fused-ring (bicyclic) bond motifs is 1. The van der Waals surface area contributed by atoms with E-state index < -0.39 is 11.2 Å². The first kappa shape index (κ1) is 10.5. The van der Waals surface area contributed by atoms with Crippen LogP contribution in [0.1, 0.15) is 5.56 Å². The minimum absolute atomic E-state index is 0.475. The number of carbonyl (C=O) groups is 1. The molecule has 0 aliphatic carbocycles. The van der Waals surface area contributed by atoms with Crippen molar-refractivity contribution >= 4 is 40.0 Å². The molecule has 0 aliphatic heterocycles. The van der Waals surface area contributed by atoms with Gasteiger partial charge < -0.3 is 5.11 Å². The van der Waals surface area contributed by atoms with Crippen molar-refractivity contribution in [2.45, 2.75) is 11.7 Å². The number of benzene rings is 1. The third kappa shape index (κ3) is 2.16. The summed E-state index contributed by atoms with van der Waals surface area (Å²) < 4.78 is 1.19. The Bertz CT molecular complexity index is 490. The van der Waals surface area contributed by atoms with Gasteiger partial charge in [-0.25, -0.2) is 0 Å². The highest BCUT2D eigenvalue weighted by Crippen LogP contribution is 2.27. The molecule has 4 heteroatoms. The molecule has 1 aromatic carbocycles. The first-order valence-corrected chi connectivity index (χ1v) is 5.94. The number of rotatable bonds is 3. The Morgan fingerprint density at radius 2 is 2.20 bits per heavy atom. The fourth-order valence-corrected chi connectivity index (χ4v) is 2.66. The van der Waals surface area contributed by atoms with E-state index in [9.17, 15) is 4.79 Å². The number of thiol groups is 1. The van der Waals surface area contributed by atoms with Crippen LogP contribution in [0.15, 0.2) is 29.6 Å². The Morgan fingerprint density at radius 3 is 2.93 bits per heavy atom. The summed E-state index contributed by atoms with van der Waals surface area (Å²) >= 11 is 5.68. The van der Waals surface area contributed by atoms with E-state index in [2.05, 4.69) is 12.6 Å². The van der Waals surface area contributed by atoms with Crippen LogP contribution in [0.5, 0.6) is 0 Å². The number of aliphatic carboxylic acids is 1. The van der Waals surface area contributed by atoms with Crippen LogP contribution in [0, 0.1) is 0 Å². The van der Waals surface area contributed by atoms with E-state index in [0.717, 1.165) is 10.9 Å². The highest BCUT2D eigenvalue weighted by molar-refractivity contribution is 7.81. The van der Waals surface area contributed by atoms with Crippen molar-refractivity contribution in [3.63, 3.8) is 0 Å². The number of thiophene rings is 1. The maximum Gasteiger partial charge on any atom is 0.316 e. The van der Waals surface area contributed by atoms with Crippen molar-refractivity contribution in [2.75, 3.05) is 0 Å². The molecule has 0 aliphatic rings. The van der Waals surface area contributed by atoms with Crippen LogP contribution in [0.4, 0.5) is 0 Å². The molecular weight excluding hydrogens is 228 g/mol. The lowest BCUT2D eigenvalue weighted by Gasteiger charge is -2.03. The first-order valence-electron chi connectivity index (χ1n) is 4.54. The van der Waals surface area contributed by atoms with Gasteiger partial charge in [-0.2, -0.15) is 12.6 Å². The van der Waals surface area contributed by atoms with E-state index in [1.54, 1.807) is 11.3 Å². The monoisotopic (exact) mass is 238 g/mol. The third-order valence-corrected chi connectivity index (χ3v) is 3.68. The molecule has 1 atom stereocenters. The minimum atomic E-state index is -0.867. The molecule has 2 aromatic rings. The standard InChI is InChI=1S/C11H10O2S2/c12-11(13)9(14)5-7-6-15-10-4-2-1-3-8(7)10/h1-4,6,9,14H,5H2,(H,12,13). The largest absolute Gasteiger partial charge is 0.480 e. The van der Waals surface area contributed by atoms with Crippen molar-refractivity contribution in [3.8, 4) is 0 Å². The van der Waals surface area contributed by atoms with E-state index in [1.807, 2.05) is 29.6 Å². The molecule has 1 N–H and O–H groups in total. The fourth-order valence-electron chi connectivity index (χ4n) is 1.49. The van der Waals surface area contributed by atoms with Crippen LogP contribution in [0.25, 0.3) is 10.1 Å². The number of carboxylic acids is 1. The average Bonchev–Trinajstić information content (AvgIpc) is 2.62. The van der Waals surface area contributed by atoms with Gasteiger partial charge in [0.15, 0.2) is 0 Å². The molecule has 1 unspecified atom stereocenters. The summed E-state index contributed by atoms with van der Waals surface area (Å²) in [5, 5.41) is 11.3. The van der Waals surface area contributed by atoms with E-state index in [-0.39, 0.29) is 0 Å². The van der Waals surface area contributed by atoms with Crippen molar-refractivity contribution in [3.05, 3.63) is 35.2 Å². The summed E-state index contributed by atoms with van der Waals surface area (Å²) in [4.78, 5) is 10.7. The van der Waals surface area contributed by atoms with Gasteiger partial charge in [-0.05, 0) is 28.8 Å². The quantitative estimate of drug-likeness (QED) is 0.807. The van der Waals surface area contributed by atoms with Crippen molar-refractivity contribution in [1.82, 2.24) is 0 Å². The maximum absolute atomic E-state index is 10.7. The summed E-state index contributed by atoms with van der Waals surface area (Å²) in [5.41, 5.74) is 1.07. The molecule has 0 spiro atoms. The van der Waals surface area contributed by atoms with Crippen LogP contribution < -0.4 is 0 Å². The topological polar surface area (TPSA) is 37.3 Å². The first-order chi connectivity index (χ1) is 7.18. The Hall–Kier alpha value is -1.00. The highest BCUT2D eigenvalue weighted by atomic mass is 32.1. The number of hydrogen-bond donors (Lipinski definition) is 2. The molecule has 2 nitrogen and oxygen atoms in total. The highest BCUT2D eigenvalue weighted by Gasteiger charge is 2.14. The van der Waals surface area contributed by atoms with Gasteiger partial charge in [-0.15, -0.1) is 11.3 Å². The Kier molecular flexibility index (Phi) is 2.98. The molecule has 0 amide bonds. The minimum Gasteiger partial charge on any atom is -0.480 e. The maximum atomic E-state index is 10.7. The van der Waals surface area contributed by atoms with Gasteiger partial charge in [0.2, 0.25) is 0 Å². The lowest BCUT2D eigenvalue weighted by Crippen LogP contribution is -2.15. The number of hydrogen-bond acceptors (Lipinski definition) is 3. The second-order valence-electron chi connectivity index (χ2n) is 3.32. The second kappa shape index (κ2) is 4.24. The van der Waals surface area contributed by atoms with Crippen molar-refractivity contribution in [2.24, 2.45) is 0 Å². The van der Waals surface area contributed by atoms with E-state index in [1.165, 1.54) is 4.70 Å². The van der Waals surface area contributed by atoms with Gasteiger partial charge in [-0.1, -0.05) is 18.2 Å². The molecule has 0 saturated carbocycles. The van der Waals surface area contributed by atoms with Crippen LogP contribution in [0.2, 0.25) is 0 Å². The SMILES string of the molecule is O=C(O)C(S)Cc1csc2ccccc12. The van der Waals surface area contributed by atoms with Gasteiger partial charge in [0.1, 0.15) is 5.25 Å². The molecule has 1 aromatic heterocycles. The van der Waals surface area contributed by atoms with Crippen molar-refractivity contribution in [1.29, 1.82) is 0 Å². The zero-order chi connectivity index (χ0) is 10.8. The van der Waals surface area contributed by atoms with Crippen LogP contribution >= 0.6 is 24.0 Å². The lowest BCUT2D eigenvalue weighted by molar-refractivity contribution is -0.136. The summed E-state index contributed by atoms with van der Waals surface area (Å²) in [6.45, 7) is 0. The third-order valence-electron chi connectivity index (χ3n) is 2.26. The Balaban J connectivity index is 2.32. The molecule has 15 heavy (non-hydrogen) atoms. The average molecular weight is 238 g/mol. The summed E-state index contributed by atoms with van der Waals surface area (Å²) in [6.07, 6.45) is 0.475. The zero-order valence-corrected chi connectivity index (χ0v) is 9.59. The van der Waals surface area contributed by atoms with Crippen LogP contribution in [-0.4, -0.2) is 16.3 Å². The predicted octanol–water partition coefficient (Wildman–Crippen LogP) is 2.83. The molecule has 0 radical (unpaired) electrons. The molecule has 0 fully saturated rings. The van der Waals surface area contributed by atoms with Gasteiger partial charge in [0, 0.05) is 4.70 Å². The normalized spacial score (nSPS) is 12.9. The van der Waals surface area contributed by atoms with Crippen LogP contribution in [-0.2, 0) is 11.2 Å². The Labute approximate surface area is 97.0 Å². The number of carboxylic acid groups (broad SMARTS) is 1. The molecule has 78 valence electrons. The van der Waals surface area contributed by atoms with Gasteiger partial charge in [-0.3, -0.25) is 4.79 Å². The lowest BCUT2D eigenvalue weighted by atomic mass is 10.1. The summed E-state index contributed by atoms with van der Waals surface area (Å²) in [6, 6.07) is 8.01. The zero-order valence-electron chi connectivity index (χ0n) is 7.88. The summed E-state index contributed by atoms with van der Waals surface area (Å²) in [7, 11) is 0. The van der Waals surface area contributed by atoms with Gasteiger partial charge in [0.05, 0.1) is 0 Å². The van der Waals surface area contributed by atoms with E-state index in [4.69, 9.17) is 5.11 Å². The van der Waals surface area contributed by atoms with Crippen LogP contribution in [0.3, 0.4) is 0 Å². The molecular formula is C11H10O2S2. The predicted molar refractivity (Wildman–Crippen MR) is 65.9 cm³/mol. The summed E-state index contributed by atoms with van der Waals surface area (Å²) in [5.74, 6) is -0.867. The second-order valence-corrected chi connectivity index (χ2v) is 4.85. The van der Waals surface area contributed by atoms with Gasteiger partial charge >= 0.3 is 5.97 Å². The van der Waals surface area contributed by atoms with Gasteiger partial charge in [0.25, 0.3) is 0 Å². The van der Waals surface area contributed by atoms with E-state index in [0.29, 0.717) is 6.42 Å². The fraction of sp³-hybridized carbons (Fsp3) is 0.182. The van der Waals surface area contributed by atoms with Crippen molar-refractivity contribution < 1.29 is 9.90 Å². The molecule has 0 saturated heterocycles.